The molecule has 1 aliphatic rings. The maximum Gasteiger partial charge on any atom is 0.307 e. The van der Waals surface area contributed by atoms with Crippen LogP contribution in [0.25, 0.3) is 0 Å². The predicted molar refractivity (Wildman–Crippen MR) is 62.5 cm³/mol. The monoisotopic (exact) mass is 229 g/mol. The summed E-state index contributed by atoms with van der Waals surface area (Å²) in [4.78, 5) is 13.3. The van der Waals surface area contributed by atoms with Crippen molar-refractivity contribution in [3.63, 3.8) is 0 Å². The first-order chi connectivity index (χ1) is 7.47. The van der Waals surface area contributed by atoms with E-state index in [1.807, 2.05) is 0 Å². The summed E-state index contributed by atoms with van der Waals surface area (Å²) in [5.74, 6) is -0.859. The molecule has 1 saturated heterocycles. The van der Waals surface area contributed by atoms with Crippen molar-refractivity contribution in [2.45, 2.75) is 38.6 Å². The SMILES string of the molecule is COCCCN1CC(C(=O)O)CCC1(C)C. The topological polar surface area (TPSA) is 49.8 Å². The molecule has 4 heteroatoms. The molecule has 0 bridgehead atoms. The predicted octanol–water partition coefficient (Wildman–Crippen LogP) is 1.60. The van der Waals surface area contributed by atoms with E-state index < -0.39 is 5.97 Å². The van der Waals surface area contributed by atoms with Crippen LogP contribution < -0.4 is 0 Å². The van der Waals surface area contributed by atoms with Gasteiger partial charge in [-0.15, -0.1) is 0 Å². The Morgan fingerprint density at radius 3 is 2.81 bits per heavy atom. The van der Waals surface area contributed by atoms with Crippen molar-refractivity contribution < 1.29 is 14.6 Å². The first-order valence-corrected chi connectivity index (χ1v) is 5.94. The third-order valence-corrected chi connectivity index (χ3v) is 3.53. The summed E-state index contributed by atoms with van der Waals surface area (Å²) in [6.45, 7) is 6.72. The summed E-state index contributed by atoms with van der Waals surface area (Å²) >= 11 is 0. The average Bonchev–Trinajstić information content (AvgIpc) is 2.20. The fourth-order valence-corrected chi connectivity index (χ4v) is 2.29. The number of rotatable bonds is 5. The van der Waals surface area contributed by atoms with Crippen LogP contribution in [-0.2, 0) is 9.53 Å². The van der Waals surface area contributed by atoms with Gasteiger partial charge in [-0.25, -0.2) is 0 Å². The lowest BCUT2D eigenvalue weighted by Gasteiger charge is -2.44. The number of piperidine rings is 1. The average molecular weight is 229 g/mol. The van der Waals surface area contributed by atoms with Crippen molar-refractivity contribution in [2.24, 2.45) is 5.92 Å². The van der Waals surface area contributed by atoms with Gasteiger partial charge in [-0.1, -0.05) is 0 Å². The number of hydrogen-bond acceptors (Lipinski definition) is 3. The molecule has 0 spiro atoms. The van der Waals surface area contributed by atoms with Crippen LogP contribution >= 0.6 is 0 Å². The largest absolute Gasteiger partial charge is 0.481 e. The molecule has 0 aliphatic carbocycles. The molecule has 16 heavy (non-hydrogen) atoms. The molecule has 0 aromatic rings. The minimum atomic E-state index is -0.660. The van der Waals surface area contributed by atoms with Crippen molar-refractivity contribution in [1.29, 1.82) is 0 Å². The van der Waals surface area contributed by atoms with E-state index in [4.69, 9.17) is 9.84 Å². The zero-order valence-corrected chi connectivity index (χ0v) is 10.5. The van der Waals surface area contributed by atoms with Crippen molar-refractivity contribution in [3.8, 4) is 0 Å². The summed E-state index contributed by atoms with van der Waals surface area (Å²) < 4.78 is 5.03. The van der Waals surface area contributed by atoms with Gasteiger partial charge in [0.25, 0.3) is 0 Å². The first kappa shape index (κ1) is 13.5. The second-order valence-corrected chi connectivity index (χ2v) is 5.18. The molecule has 1 heterocycles. The van der Waals surface area contributed by atoms with E-state index in [1.54, 1.807) is 7.11 Å². The highest BCUT2D eigenvalue weighted by molar-refractivity contribution is 5.70. The quantitative estimate of drug-likeness (QED) is 0.727. The van der Waals surface area contributed by atoms with Crippen LogP contribution in [0.2, 0.25) is 0 Å². The van der Waals surface area contributed by atoms with Gasteiger partial charge < -0.3 is 9.84 Å². The lowest BCUT2D eigenvalue weighted by atomic mass is 9.84. The molecule has 94 valence electrons. The number of hydrogen-bond donors (Lipinski definition) is 1. The maximum atomic E-state index is 11.0. The van der Waals surface area contributed by atoms with Crippen LogP contribution in [0.3, 0.4) is 0 Å². The van der Waals surface area contributed by atoms with Crippen LogP contribution in [-0.4, -0.2) is 48.3 Å². The van der Waals surface area contributed by atoms with Crippen LogP contribution in [0.5, 0.6) is 0 Å². The Kier molecular flexibility index (Phi) is 4.74. The second-order valence-electron chi connectivity index (χ2n) is 5.18. The zero-order valence-electron chi connectivity index (χ0n) is 10.5. The molecular weight excluding hydrogens is 206 g/mol. The van der Waals surface area contributed by atoms with Gasteiger partial charge in [-0.05, 0) is 33.1 Å². The second kappa shape index (κ2) is 5.64. The molecule has 4 nitrogen and oxygen atoms in total. The Morgan fingerprint density at radius 1 is 1.56 bits per heavy atom. The first-order valence-electron chi connectivity index (χ1n) is 5.94. The minimum Gasteiger partial charge on any atom is -0.481 e. The zero-order chi connectivity index (χ0) is 12.2. The van der Waals surface area contributed by atoms with Gasteiger partial charge in [0, 0.05) is 32.3 Å². The van der Waals surface area contributed by atoms with Gasteiger partial charge in [0.2, 0.25) is 0 Å². The van der Waals surface area contributed by atoms with Crippen LogP contribution in [0, 0.1) is 5.92 Å². The van der Waals surface area contributed by atoms with Gasteiger partial charge in [0.1, 0.15) is 0 Å². The number of nitrogens with zero attached hydrogens (tertiary/aromatic N) is 1. The summed E-state index contributed by atoms with van der Waals surface area (Å²) in [7, 11) is 1.70. The van der Waals surface area contributed by atoms with Crippen LogP contribution in [0.15, 0.2) is 0 Å². The highest BCUT2D eigenvalue weighted by Crippen LogP contribution is 2.30. The summed E-state index contributed by atoms with van der Waals surface area (Å²) in [6, 6.07) is 0. The van der Waals surface area contributed by atoms with Crippen molar-refractivity contribution >= 4 is 5.97 Å². The number of carbonyl (C=O) groups is 1. The Morgan fingerprint density at radius 2 is 2.25 bits per heavy atom. The van der Waals surface area contributed by atoms with Gasteiger partial charge >= 0.3 is 5.97 Å². The van der Waals surface area contributed by atoms with Crippen molar-refractivity contribution in [1.82, 2.24) is 4.90 Å². The van der Waals surface area contributed by atoms with Gasteiger partial charge in [-0.3, -0.25) is 9.69 Å². The fraction of sp³-hybridized carbons (Fsp3) is 0.917. The summed E-state index contributed by atoms with van der Waals surface area (Å²) in [6.07, 6.45) is 2.71. The fourth-order valence-electron chi connectivity index (χ4n) is 2.29. The van der Waals surface area contributed by atoms with E-state index in [9.17, 15) is 4.79 Å². The molecule has 0 aromatic carbocycles. The molecule has 0 radical (unpaired) electrons. The molecule has 0 saturated carbocycles. The van der Waals surface area contributed by atoms with E-state index in [1.165, 1.54) is 0 Å². The highest BCUT2D eigenvalue weighted by atomic mass is 16.5. The Labute approximate surface area is 97.6 Å². The highest BCUT2D eigenvalue weighted by Gasteiger charge is 2.36. The number of carboxylic acid groups (broad SMARTS) is 1. The number of likely N-dealkylation sites (tertiary alicyclic amines) is 1. The summed E-state index contributed by atoms with van der Waals surface area (Å²) in [5.41, 5.74) is 0.125. The normalized spacial score (nSPS) is 25.6. The smallest absolute Gasteiger partial charge is 0.307 e. The van der Waals surface area contributed by atoms with Crippen molar-refractivity contribution in [3.05, 3.63) is 0 Å². The lowest BCUT2D eigenvalue weighted by Crippen LogP contribution is -2.52. The van der Waals surface area contributed by atoms with E-state index in [0.29, 0.717) is 6.54 Å². The van der Waals surface area contributed by atoms with Gasteiger partial charge in [-0.2, -0.15) is 0 Å². The molecule has 1 unspecified atom stereocenters. The third kappa shape index (κ3) is 3.46. The van der Waals surface area contributed by atoms with E-state index in [2.05, 4.69) is 18.7 Å². The van der Waals surface area contributed by atoms with Crippen molar-refractivity contribution in [2.75, 3.05) is 26.8 Å². The molecular formula is C12H23NO3. The number of methoxy groups -OCH3 is 1. The molecule has 1 atom stereocenters. The molecule has 1 N–H and O–H groups in total. The van der Waals surface area contributed by atoms with E-state index in [-0.39, 0.29) is 11.5 Å². The van der Waals surface area contributed by atoms with Crippen LogP contribution in [0.1, 0.15) is 33.1 Å². The summed E-state index contributed by atoms with van der Waals surface area (Å²) in [5, 5.41) is 9.05. The molecule has 0 aromatic heterocycles. The molecule has 1 aliphatic heterocycles. The molecule has 1 fully saturated rings. The molecule has 1 rings (SSSR count). The molecule has 0 amide bonds. The van der Waals surface area contributed by atoms with Gasteiger partial charge in [0.15, 0.2) is 0 Å². The Hall–Kier alpha value is -0.610. The number of ether oxygens (including phenoxy) is 1. The van der Waals surface area contributed by atoms with E-state index in [0.717, 1.165) is 32.4 Å². The van der Waals surface area contributed by atoms with Gasteiger partial charge in [0.05, 0.1) is 5.92 Å². The number of carboxylic acids is 1. The lowest BCUT2D eigenvalue weighted by molar-refractivity contribution is -0.145. The standard InChI is InChI=1S/C12H23NO3/c1-12(2)6-5-10(11(14)15)9-13(12)7-4-8-16-3/h10H,4-9H2,1-3H3,(H,14,15). The Bertz CT molecular complexity index is 240. The third-order valence-electron chi connectivity index (χ3n) is 3.53. The number of aliphatic carboxylic acids is 1. The van der Waals surface area contributed by atoms with E-state index >= 15 is 0 Å². The van der Waals surface area contributed by atoms with Crippen LogP contribution in [0.4, 0.5) is 0 Å². The Balaban J connectivity index is 2.51. The minimum absolute atomic E-state index is 0.125. The maximum absolute atomic E-state index is 11.0.